The van der Waals surface area contributed by atoms with Crippen molar-refractivity contribution in [1.82, 2.24) is 20.5 Å². The Bertz CT molecular complexity index is 817. The average molecular weight is 429 g/mol. The second-order valence-electron chi connectivity index (χ2n) is 7.38. The lowest BCUT2D eigenvalue weighted by Gasteiger charge is -2.25. The van der Waals surface area contributed by atoms with E-state index in [4.69, 9.17) is 4.99 Å². The molecule has 0 radical (unpaired) electrons. The average Bonchev–Trinajstić information content (AvgIpc) is 3.43. The molecule has 1 aliphatic rings. The van der Waals surface area contributed by atoms with Crippen molar-refractivity contribution in [2.45, 2.75) is 39.2 Å². The van der Waals surface area contributed by atoms with Crippen molar-refractivity contribution in [3.8, 4) is 0 Å². The summed E-state index contributed by atoms with van der Waals surface area (Å²) in [4.78, 5) is 25.2. The molecule has 3 rings (SSSR count). The topological polar surface area (TPSA) is 81.7 Å². The number of anilines is 1. The molecule has 8 heteroatoms. The number of aryl methyl sites for hydroxylation is 1. The highest BCUT2D eigenvalue weighted by Gasteiger charge is 2.24. The molecule has 1 unspecified atom stereocenters. The quantitative estimate of drug-likeness (QED) is 0.422. The van der Waals surface area contributed by atoms with E-state index in [1.54, 1.807) is 17.4 Å². The van der Waals surface area contributed by atoms with Gasteiger partial charge in [-0.15, -0.1) is 11.3 Å². The van der Waals surface area contributed by atoms with Gasteiger partial charge < -0.3 is 16.0 Å². The Labute approximate surface area is 183 Å². The van der Waals surface area contributed by atoms with Crippen molar-refractivity contribution in [1.29, 1.82) is 0 Å². The molecule has 0 saturated carbocycles. The number of carbonyl (C=O) groups excluding carboxylic acids is 1. The number of aliphatic imine (C=N–C) groups is 1. The maximum atomic E-state index is 12.2. The van der Waals surface area contributed by atoms with Crippen LogP contribution in [0.2, 0.25) is 0 Å². The maximum Gasteiger partial charge on any atom is 0.227 e. The second kappa shape index (κ2) is 11.7. The molecule has 3 N–H and O–H groups in total. The molecule has 0 aromatic carbocycles. The van der Waals surface area contributed by atoms with Gasteiger partial charge in [-0.05, 0) is 63.4 Å². The van der Waals surface area contributed by atoms with Crippen LogP contribution in [-0.2, 0) is 4.79 Å². The van der Waals surface area contributed by atoms with Crippen molar-refractivity contribution in [3.05, 3.63) is 46.3 Å². The van der Waals surface area contributed by atoms with E-state index in [1.165, 1.54) is 17.7 Å². The van der Waals surface area contributed by atoms with Gasteiger partial charge in [-0.2, -0.15) is 0 Å². The van der Waals surface area contributed by atoms with Crippen LogP contribution >= 0.6 is 11.3 Å². The number of aromatic nitrogens is 1. The molecule has 7 nitrogen and oxygen atoms in total. The minimum Gasteiger partial charge on any atom is -0.357 e. The van der Waals surface area contributed by atoms with E-state index in [0.717, 1.165) is 31.3 Å². The van der Waals surface area contributed by atoms with Crippen molar-refractivity contribution in [2.75, 3.05) is 38.0 Å². The van der Waals surface area contributed by atoms with Gasteiger partial charge in [0.2, 0.25) is 5.91 Å². The van der Waals surface area contributed by atoms with Crippen molar-refractivity contribution in [2.24, 2.45) is 4.99 Å². The van der Waals surface area contributed by atoms with Gasteiger partial charge in [0, 0.05) is 30.1 Å². The van der Waals surface area contributed by atoms with Crippen LogP contribution in [0.15, 0.2) is 40.7 Å². The van der Waals surface area contributed by atoms with Gasteiger partial charge in [-0.1, -0.05) is 12.1 Å². The summed E-state index contributed by atoms with van der Waals surface area (Å²) in [6.07, 6.45) is 2.87. The predicted molar refractivity (Wildman–Crippen MR) is 124 cm³/mol. The molecular formula is C22H32N6OS. The van der Waals surface area contributed by atoms with Crippen LogP contribution in [0.5, 0.6) is 0 Å². The van der Waals surface area contributed by atoms with Gasteiger partial charge in [0.25, 0.3) is 0 Å². The summed E-state index contributed by atoms with van der Waals surface area (Å²) in [6, 6.07) is 10.2. The Kier molecular flexibility index (Phi) is 8.65. The first-order valence-corrected chi connectivity index (χ1v) is 11.6. The molecule has 162 valence electrons. The first-order chi connectivity index (χ1) is 14.7. The van der Waals surface area contributed by atoms with E-state index in [1.807, 2.05) is 26.0 Å². The highest BCUT2D eigenvalue weighted by atomic mass is 32.1. The molecule has 2 aromatic rings. The molecule has 0 bridgehead atoms. The largest absolute Gasteiger partial charge is 0.357 e. The number of pyridine rings is 1. The number of hydrogen-bond acceptors (Lipinski definition) is 5. The van der Waals surface area contributed by atoms with Crippen LogP contribution in [0.1, 0.15) is 42.8 Å². The normalized spacial score (nSPS) is 15.7. The molecule has 0 spiro atoms. The number of guanidine groups is 1. The van der Waals surface area contributed by atoms with Crippen LogP contribution in [-0.4, -0.2) is 54.5 Å². The Morgan fingerprint density at radius 1 is 1.23 bits per heavy atom. The number of amides is 1. The summed E-state index contributed by atoms with van der Waals surface area (Å²) in [5.74, 6) is 1.27. The second-order valence-corrected chi connectivity index (χ2v) is 8.36. The molecule has 0 aliphatic carbocycles. The van der Waals surface area contributed by atoms with Crippen molar-refractivity contribution < 1.29 is 4.79 Å². The molecule has 1 saturated heterocycles. The number of nitrogens with zero attached hydrogens (tertiary/aromatic N) is 3. The van der Waals surface area contributed by atoms with Crippen LogP contribution in [0.25, 0.3) is 0 Å². The number of nitrogens with one attached hydrogen (secondary N) is 3. The maximum absolute atomic E-state index is 12.2. The standard InChI is InChI=1S/C22H32N6OS/c1-3-23-22(24-12-11-21(29)27-20-10-6-8-17(2)26-20)25-16-18(19-9-7-15-30-19)28-13-4-5-14-28/h6-10,15,18H,3-5,11-14,16H2,1-2H3,(H2,23,24,25)(H,26,27,29). The molecule has 1 amide bonds. The van der Waals surface area contributed by atoms with E-state index in [0.29, 0.717) is 31.4 Å². The zero-order valence-corrected chi connectivity index (χ0v) is 18.7. The summed E-state index contributed by atoms with van der Waals surface area (Å²) in [5, 5.41) is 11.5. The van der Waals surface area contributed by atoms with E-state index in [2.05, 4.69) is 43.3 Å². The van der Waals surface area contributed by atoms with E-state index in [-0.39, 0.29) is 5.91 Å². The Balaban J connectivity index is 1.52. The first-order valence-electron chi connectivity index (χ1n) is 10.7. The Morgan fingerprint density at radius 3 is 2.77 bits per heavy atom. The monoisotopic (exact) mass is 428 g/mol. The lowest BCUT2D eigenvalue weighted by atomic mass is 10.2. The van der Waals surface area contributed by atoms with E-state index >= 15 is 0 Å². The number of likely N-dealkylation sites (tertiary alicyclic amines) is 1. The number of rotatable bonds is 9. The minimum absolute atomic E-state index is 0.0648. The third kappa shape index (κ3) is 6.81. The smallest absolute Gasteiger partial charge is 0.227 e. The molecular weight excluding hydrogens is 396 g/mol. The minimum atomic E-state index is -0.0648. The lowest BCUT2D eigenvalue weighted by Crippen LogP contribution is -2.39. The molecule has 30 heavy (non-hydrogen) atoms. The molecule has 3 heterocycles. The van der Waals surface area contributed by atoms with Crippen LogP contribution in [0.4, 0.5) is 5.82 Å². The molecule has 1 aliphatic heterocycles. The highest BCUT2D eigenvalue weighted by molar-refractivity contribution is 7.10. The van der Waals surface area contributed by atoms with Crippen molar-refractivity contribution >= 4 is 29.0 Å². The summed E-state index contributed by atoms with van der Waals surface area (Å²) in [7, 11) is 0. The fraction of sp³-hybridized carbons (Fsp3) is 0.500. The van der Waals surface area contributed by atoms with E-state index in [9.17, 15) is 4.79 Å². The third-order valence-electron chi connectivity index (χ3n) is 5.02. The van der Waals surface area contributed by atoms with Crippen LogP contribution in [0.3, 0.4) is 0 Å². The number of hydrogen-bond donors (Lipinski definition) is 3. The Morgan fingerprint density at radius 2 is 2.07 bits per heavy atom. The SMILES string of the molecule is CCNC(=NCC(c1cccs1)N1CCCC1)NCCC(=O)Nc1cccc(C)n1. The van der Waals surface area contributed by atoms with Crippen LogP contribution in [0, 0.1) is 6.92 Å². The number of carbonyl (C=O) groups is 1. The summed E-state index contributed by atoms with van der Waals surface area (Å²) in [6.45, 7) is 8.21. The van der Waals surface area contributed by atoms with Gasteiger partial charge in [-0.3, -0.25) is 14.7 Å². The predicted octanol–water partition coefficient (Wildman–Crippen LogP) is 3.17. The lowest BCUT2D eigenvalue weighted by molar-refractivity contribution is -0.116. The van der Waals surface area contributed by atoms with Crippen molar-refractivity contribution in [3.63, 3.8) is 0 Å². The zero-order valence-electron chi connectivity index (χ0n) is 17.9. The van der Waals surface area contributed by atoms with E-state index < -0.39 is 0 Å². The van der Waals surface area contributed by atoms with Crippen LogP contribution < -0.4 is 16.0 Å². The van der Waals surface area contributed by atoms with Gasteiger partial charge in [-0.25, -0.2) is 4.98 Å². The number of thiophene rings is 1. The molecule has 1 atom stereocenters. The van der Waals surface area contributed by atoms with Gasteiger partial charge >= 0.3 is 0 Å². The summed E-state index contributed by atoms with van der Waals surface area (Å²) < 4.78 is 0. The first kappa shape index (κ1) is 22.2. The van der Waals surface area contributed by atoms with Gasteiger partial charge in [0.1, 0.15) is 5.82 Å². The Hall–Kier alpha value is -2.45. The van der Waals surface area contributed by atoms with Gasteiger partial charge in [0.15, 0.2) is 5.96 Å². The summed E-state index contributed by atoms with van der Waals surface area (Å²) in [5.41, 5.74) is 0.880. The fourth-order valence-electron chi connectivity index (χ4n) is 3.55. The summed E-state index contributed by atoms with van der Waals surface area (Å²) >= 11 is 1.80. The third-order valence-corrected chi connectivity index (χ3v) is 5.99. The fourth-order valence-corrected chi connectivity index (χ4v) is 4.40. The highest BCUT2D eigenvalue weighted by Crippen LogP contribution is 2.28. The zero-order chi connectivity index (χ0) is 21.2. The molecule has 1 fully saturated rings. The van der Waals surface area contributed by atoms with Gasteiger partial charge in [0.05, 0.1) is 12.6 Å². The molecule has 2 aromatic heterocycles.